The highest BCUT2D eigenvalue weighted by molar-refractivity contribution is 6.00. The number of carbonyl (C=O) groups is 1. The molecule has 2 bridgehead atoms. The summed E-state index contributed by atoms with van der Waals surface area (Å²) in [6, 6.07) is 10.1. The molecule has 7 nitrogen and oxygen atoms in total. The van der Waals surface area contributed by atoms with Gasteiger partial charge in [-0.15, -0.1) is 0 Å². The van der Waals surface area contributed by atoms with Crippen LogP contribution in [0.2, 0.25) is 0 Å². The third kappa shape index (κ3) is 4.22. The van der Waals surface area contributed by atoms with E-state index in [0.717, 1.165) is 36.3 Å². The molecule has 36 heavy (non-hydrogen) atoms. The number of hydrogen-bond acceptors (Lipinski definition) is 6. The number of piperidine rings is 1. The first-order valence-electron chi connectivity index (χ1n) is 13.0. The Morgan fingerprint density at radius 2 is 2.14 bits per heavy atom. The Labute approximate surface area is 209 Å². The standard InChI is InChI=1S/C27H32F2N4O3/c1-2-35-24-10-5-17(13-27(24,28)29)26(34)33-14-18-4-3-11-30-25(18)31-22-9-7-19(12-23(22)33)32-15-21-8-6-20(32)16-36-21/h3-4,7,9,11-12,17,20-21,24H,2,5-6,8,10,13-16H2,1H3,(H,30,31)/t17-,20+,21-,24-/m1/s1. The Morgan fingerprint density at radius 1 is 1.25 bits per heavy atom. The predicted octanol–water partition coefficient (Wildman–Crippen LogP) is 4.88. The van der Waals surface area contributed by atoms with Crippen LogP contribution in [-0.4, -0.2) is 54.8 Å². The normalized spacial score (nSPS) is 28.6. The number of aromatic nitrogens is 1. The lowest BCUT2D eigenvalue weighted by Crippen LogP contribution is -2.54. The van der Waals surface area contributed by atoms with Crippen molar-refractivity contribution in [3.8, 4) is 0 Å². The zero-order valence-electron chi connectivity index (χ0n) is 20.5. The number of hydrogen-bond donors (Lipinski definition) is 1. The number of carbonyl (C=O) groups excluding carboxylic acids is 1. The summed E-state index contributed by atoms with van der Waals surface area (Å²) in [6.45, 7) is 3.76. The number of morpholine rings is 1. The lowest BCUT2D eigenvalue weighted by molar-refractivity contribution is -0.170. The van der Waals surface area contributed by atoms with Crippen LogP contribution in [0.5, 0.6) is 0 Å². The van der Waals surface area contributed by atoms with E-state index in [1.54, 1.807) is 18.0 Å². The first-order chi connectivity index (χ1) is 17.4. The van der Waals surface area contributed by atoms with Crippen LogP contribution in [0.4, 0.5) is 31.7 Å². The highest BCUT2D eigenvalue weighted by Crippen LogP contribution is 2.44. The molecule has 0 unspecified atom stereocenters. The first kappa shape index (κ1) is 23.6. The van der Waals surface area contributed by atoms with Crippen molar-refractivity contribution in [1.82, 2.24) is 4.98 Å². The van der Waals surface area contributed by atoms with Gasteiger partial charge < -0.3 is 24.6 Å². The number of alkyl halides is 2. The summed E-state index contributed by atoms with van der Waals surface area (Å²) < 4.78 is 41.0. The van der Waals surface area contributed by atoms with Crippen LogP contribution in [-0.2, 0) is 20.8 Å². The van der Waals surface area contributed by atoms with Gasteiger partial charge in [-0.3, -0.25) is 4.79 Å². The average molecular weight is 499 g/mol. The summed E-state index contributed by atoms with van der Waals surface area (Å²) in [5.41, 5.74) is 3.32. The molecule has 1 aromatic heterocycles. The van der Waals surface area contributed by atoms with E-state index in [4.69, 9.17) is 9.47 Å². The van der Waals surface area contributed by atoms with Crippen LogP contribution in [0, 0.1) is 5.92 Å². The molecular weight excluding hydrogens is 466 g/mol. The molecule has 4 aliphatic heterocycles. The zero-order chi connectivity index (χ0) is 24.9. The minimum atomic E-state index is -3.03. The zero-order valence-corrected chi connectivity index (χ0v) is 20.5. The number of nitrogens with zero attached hydrogens (tertiary/aromatic N) is 3. The molecular formula is C27H32F2N4O3. The summed E-state index contributed by atoms with van der Waals surface area (Å²) in [6.07, 6.45) is 3.00. The lowest BCUT2D eigenvalue weighted by Gasteiger charge is -2.46. The van der Waals surface area contributed by atoms with Crippen molar-refractivity contribution in [2.45, 2.75) is 69.7 Å². The minimum absolute atomic E-state index is 0.172. The monoisotopic (exact) mass is 498 g/mol. The van der Waals surface area contributed by atoms with Gasteiger partial charge in [0.25, 0.3) is 5.92 Å². The molecule has 1 aromatic carbocycles. The maximum atomic E-state index is 14.9. The Morgan fingerprint density at radius 3 is 2.86 bits per heavy atom. The van der Waals surface area contributed by atoms with E-state index in [1.807, 2.05) is 24.3 Å². The molecule has 1 saturated carbocycles. The highest BCUT2D eigenvalue weighted by atomic mass is 19.3. The van der Waals surface area contributed by atoms with Crippen molar-refractivity contribution in [3.63, 3.8) is 0 Å². The van der Waals surface area contributed by atoms with Gasteiger partial charge >= 0.3 is 0 Å². The van der Waals surface area contributed by atoms with Crippen LogP contribution < -0.4 is 15.1 Å². The van der Waals surface area contributed by atoms with E-state index >= 15 is 0 Å². The van der Waals surface area contributed by atoms with Crippen LogP contribution in [0.3, 0.4) is 0 Å². The number of benzene rings is 1. The molecule has 5 aliphatic rings. The third-order valence-electron chi connectivity index (χ3n) is 8.01. The van der Waals surface area contributed by atoms with Gasteiger partial charge in [0.2, 0.25) is 5.91 Å². The molecule has 2 aromatic rings. The Hall–Kier alpha value is -2.78. The second-order valence-electron chi connectivity index (χ2n) is 10.3. The molecule has 3 saturated heterocycles. The second kappa shape index (κ2) is 9.27. The van der Waals surface area contributed by atoms with Crippen molar-refractivity contribution < 1.29 is 23.0 Å². The number of rotatable bonds is 4. The fourth-order valence-corrected chi connectivity index (χ4v) is 6.12. The maximum Gasteiger partial charge on any atom is 0.274 e. The summed E-state index contributed by atoms with van der Waals surface area (Å²) in [7, 11) is 0. The summed E-state index contributed by atoms with van der Waals surface area (Å²) in [5, 5.41) is 3.38. The van der Waals surface area contributed by atoms with Gasteiger partial charge in [0, 0.05) is 42.9 Å². The van der Waals surface area contributed by atoms with Gasteiger partial charge in [-0.1, -0.05) is 6.07 Å². The number of nitrogens with one attached hydrogen (secondary N) is 1. The molecule has 1 amide bonds. The van der Waals surface area contributed by atoms with E-state index in [1.165, 1.54) is 0 Å². The van der Waals surface area contributed by atoms with Gasteiger partial charge in [-0.05, 0) is 56.9 Å². The van der Waals surface area contributed by atoms with Crippen molar-refractivity contribution in [2.24, 2.45) is 5.92 Å². The average Bonchev–Trinajstić information content (AvgIpc) is 3.06. The van der Waals surface area contributed by atoms with Gasteiger partial charge in [-0.2, -0.15) is 0 Å². The number of ether oxygens (including phenoxy) is 2. The first-order valence-corrected chi connectivity index (χ1v) is 13.0. The predicted molar refractivity (Wildman–Crippen MR) is 133 cm³/mol. The second-order valence-corrected chi connectivity index (χ2v) is 10.3. The molecule has 1 N–H and O–H groups in total. The molecule has 4 fully saturated rings. The van der Waals surface area contributed by atoms with Crippen LogP contribution in [0.1, 0.15) is 44.6 Å². The largest absolute Gasteiger partial charge is 0.374 e. The highest BCUT2D eigenvalue weighted by Gasteiger charge is 2.49. The fourth-order valence-electron chi connectivity index (χ4n) is 6.12. The molecule has 1 aliphatic carbocycles. The molecule has 0 spiro atoms. The van der Waals surface area contributed by atoms with Crippen molar-refractivity contribution in [1.29, 1.82) is 0 Å². The number of anilines is 4. The maximum absolute atomic E-state index is 14.9. The Balaban J connectivity index is 1.34. The summed E-state index contributed by atoms with van der Waals surface area (Å²) in [4.78, 5) is 22.4. The van der Waals surface area contributed by atoms with Gasteiger partial charge in [0.15, 0.2) is 0 Å². The smallest absolute Gasteiger partial charge is 0.274 e. The Bertz CT molecular complexity index is 1140. The fraction of sp³-hybridized carbons (Fsp3) is 0.556. The van der Waals surface area contributed by atoms with Crippen LogP contribution in [0.15, 0.2) is 36.5 Å². The van der Waals surface area contributed by atoms with Crippen molar-refractivity contribution in [3.05, 3.63) is 42.1 Å². The quantitative estimate of drug-likeness (QED) is 0.648. The van der Waals surface area contributed by atoms with E-state index in [9.17, 15) is 13.6 Å². The molecule has 4 atom stereocenters. The van der Waals surface area contributed by atoms with Gasteiger partial charge in [0.1, 0.15) is 11.9 Å². The van der Waals surface area contributed by atoms with Crippen molar-refractivity contribution in [2.75, 3.05) is 34.9 Å². The lowest BCUT2D eigenvalue weighted by atomic mass is 9.83. The number of amides is 1. The SMILES string of the molecule is CCO[C@@H]1CC[C@@H](C(=O)N2Cc3cccnc3Nc3ccc(N4C[C@H]5CC[C@H]4CO5)cc32)CC1(F)F. The number of pyridine rings is 1. The molecule has 5 heterocycles. The topological polar surface area (TPSA) is 66.9 Å². The van der Waals surface area contributed by atoms with E-state index < -0.39 is 24.4 Å². The van der Waals surface area contributed by atoms with Gasteiger partial charge in [0.05, 0.1) is 36.7 Å². The minimum Gasteiger partial charge on any atom is -0.374 e. The number of fused-ring (bicyclic) bond motifs is 5. The summed E-state index contributed by atoms with van der Waals surface area (Å²) in [5.74, 6) is -3.40. The van der Waals surface area contributed by atoms with Gasteiger partial charge in [-0.25, -0.2) is 13.8 Å². The van der Waals surface area contributed by atoms with Crippen LogP contribution >= 0.6 is 0 Å². The Kier molecular flexibility index (Phi) is 6.08. The van der Waals surface area contributed by atoms with Crippen molar-refractivity contribution >= 4 is 28.8 Å². The van der Waals surface area contributed by atoms with Crippen LogP contribution in [0.25, 0.3) is 0 Å². The molecule has 0 radical (unpaired) electrons. The third-order valence-corrected chi connectivity index (χ3v) is 8.01. The van der Waals surface area contributed by atoms with E-state index in [0.29, 0.717) is 30.6 Å². The summed E-state index contributed by atoms with van der Waals surface area (Å²) >= 11 is 0. The number of halogens is 2. The molecule has 192 valence electrons. The molecule has 7 rings (SSSR count). The molecule has 9 heteroatoms. The van der Waals surface area contributed by atoms with E-state index in [2.05, 4.69) is 21.3 Å². The van der Waals surface area contributed by atoms with E-state index in [-0.39, 0.29) is 31.6 Å².